The lowest BCUT2D eigenvalue weighted by molar-refractivity contribution is -0.117. The lowest BCUT2D eigenvalue weighted by Crippen LogP contribution is -2.34. The van der Waals surface area contributed by atoms with E-state index in [1.807, 2.05) is 6.07 Å². The fourth-order valence-corrected chi connectivity index (χ4v) is 3.70. The highest BCUT2D eigenvalue weighted by Gasteiger charge is 2.30. The molecule has 0 bridgehead atoms. The number of hydrogen-bond acceptors (Lipinski definition) is 9. The Morgan fingerprint density at radius 3 is 2.59 bits per heavy atom. The van der Waals surface area contributed by atoms with Gasteiger partial charge in [-0.3, -0.25) is 9.59 Å². The summed E-state index contributed by atoms with van der Waals surface area (Å²) in [6.07, 6.45) is 4.09. The van der Waals surface area contributed by atoms with Gasteiger partial charge in [-0.1, -0.05) is 6.07 Å². The first-order valence-electron chi connectivity index (χ1n) is 12.5. The molecular formula is C26H32N8O5. The minimum atomic E-state index is -0.678. The van der Waals surface area contributed by atoms with Crippen molar-refractivity contribution >= 4 is 35.1 Å². The predicted molar refractivity (Wildman–Crippen MR) is 144 cm³/mol. The summed E-state index contributed by atoms with van der Waals surface area (Å²) < 4.78 is 10.9. The summed E-state index contributed by atoms with van der Waals surface area (Å²) in [5, 5.41) is 17.4. The molecule has 13 heteroatoms. The van der Waals surface area contributed by atoms with Crippen LogP contribution in [0.5, 0.6) is 5.75 Å². The first-order valence-corrected chi connectivity index (χ1v) is 12.5. The van der Waals surface area contributed by atoms with Crippen molar-refractivity contribution in [2.45, 2.75) is 45.8 Å². The second-order valence-electron chi connectivity index (χ2n) is 10.0. The Balaban J connectivity index is 1.52. The number of pyridine rings is 1. The van der Waals surface area contributed by atoms with Crippen LogP contribution in [-0.2, 0) is 16.1 Å². The highest BCUT2D eigenvalue weighted by atomic mass is 16.6. The average molecular weight is 537 g/mol. The number of carbonyl (C=O) groups excluding carboxylic acids is 3. The number of anilines is 3. The number of carbonyl (C=O) groups is 3. The number of ether oxygens (including phenoxy) is 2. The maximum atomic E-state index is 12.2. The van der Waals surface area contributed by atoms with E-state index >= 15 is 0 Å². The molecule has 0 unspecified atom stereocenters. The van der Waals surface area contributed by atoms with E-state index in [-0.39, 0.29) is 23.9 Å². The van der Waals surface area contributed by atoms with Gasteiger partial charge in [0.2, 0.25) is 5.91 Å². The molecule has 1 fully saturated rings. The van der Waals surface area contributed by atoms with Crippen LogP contribution in [0.25, 0.3) is 11.3 Å². The number of nitrogens with one attached hydrogen (secondary N) is 3. The second kappa shape index (κ2) is 11.4. The van der Waals surface area contributed by atoms with Crippen LogP contribution in [0.4, 0.5) is 22.0 Å². The number of primary amides is 1. The van der Waals surface area contributed by atoms with Crippen molar-refractivity contribution in [2.24, 2.45) is 11.7 Å². The monoisotopic (exact) mass is 536 g/mol. The Labute approximate surface area is 225 Å². The van der Waals surface area contributed by atoms with Crippen LogP contribution in [0.1, 0.15) is 44.0 Å². The molecule has 1 saturated carbocycles. The summed E-state index contributed by atoms with van der Waals surface area (Å²) >= 11 is 0. The zero-order valence-corrected chi connectivity index (χ0v) is 22.3. The molecule has 1 aliphatic rings. The van der Waals surface area contributed by atoms with E-state index in [9.17, 15) is 14.4 Å². The molecule has 3 aromatic rings. The molecular weight excluding hydrogens is 504 g/mol. The van der Waals surface area contributed by atoms with Gasteiger partial charge in [-0.15, -0.1) is 0 Å². The molecule has 206 valence electrons. The number of methoxy groups -OCH3 is 1. The number of nitrogens with zero attached hydrogens (tertiary/aromatic N) is 4. The van der Waals surface area contributed by atoms with Crippen LogP contribution in [0, 0.1) is 5.92 Å². The summed E-state index contributed by atoms with van der Waals surface area (Å²) in [5.41, 5.74) is 7.20. The zero-order chi connectivity index (χ0) is 28.2. The molecule has 1 aromatic carbocycles. The second-order valence-corrected chi connectivity index (χ2v) is 10.0. The molecule has 3 amide bonds. The van der Waals surface area contributed by atoms with Crippen molar-refractivity contribution in [3.63, 3.8) is 0 Å². The first-order chi connectivity index (χ1) is 18.5. The summed E-state index contributed by atoms with van der Waals surface area (Å²) in [6.45, 7) is 5.98. The number of para-hydroxylation sites is 1. The molecule has 4 rings (SSSR count). The Hall–Kier alpha value is -4.68. The Morgan fingerprint density at radius 2 is 1.92 bits per heavy atom. The van der Waals surface area contributed by atoms with E-state index in [2.05, 4.69) is 31.1 Å². The first kappa shape index (κ1) is 27.4. The summed E-state index contributed by atoms with van der Waals surface area (Å²) in [5.74, 6) is -0.0330. The number of hydrogen-bond donors (Lipinski definition) is 4. The van der Waals surface area contributed by atoms with Crippen LogP contribution in [0.2, 0.25) is 0 Å². The summed E-state index contributed by atoms with van der Waals surface area (Å²) in [7, 11) is 1.52. The Bertz CT molecular complexity index is 1380. The van der Waals surface area contributed by atoms with Gasteiger partial charge in [0.25, 0.3) is 5.91 Å². The molecule has 0 radical (unpaired) electrons. The third-order valence-corrected chi connectivity index (χ3v) is 5.65. The van der Waals surface area contributed by atoms with Crippen LogP contribution in [0.3, 0.4) is 0 Å². The van der Waals surface area contributed by atoms with E-state index in [0.717, 1.165) is 12.8 Å². The number of amides is 3. The van der Waals surface area contributed by atoms with E-state index < -0.39 is 17.6 Å². The summed E-state index contributed by atoms with van der Waals surface area (Å²) in [6, 6.07) is 6.94. The maximum absolute atomic E-state index is 12.2. The van der Waals surface area contributed by atoms with E-state index in [4.69, 9.17) is 15.2 Å². The van der Waals surface area contributed by atoms with Crippen LogP contribution >= 0.6 is 0 Å². The van der Waals surface area contributed by atoms with Gasteiger partial charge < -0.3 is 31.2 Å². The van der Waals surface area contributed by atoms with Gasteiger partial charge in [0.05, 0.1) is 36.8 Å². The Kier molecular flexibility index (Phi) is 7.98. The number of alkyl carbamates (subject to hydrolysis) is 1. The number of nitrogens with two attached hydrogens (primary N) is 1. The van der Waals surface area contributed by atoms with Gasteiger partial charge in [0.15, 0.2) is 5.75 Å². The maximum Gasteiger partial charge on any atom is 0.407 e. The average Bonchev–Trinajstić information content (AvgIpc) is 3.61. The number of benzene rings is 1. The molecule has 39 heavy (non-hydrogen) atoms. The van der Waals surface area contributed by atoms with Gasteiger partial charge >= 0.3 is 6.09 Å². The van der Waals surface area contributed by atoms with E-state index in [0.29, 0.717) is 40.7 Å². The van der Waals surface area contributed by atoms with Crippen molar-refractivity contribution < 1.29 is 23.9 Å². The van der Waals surface area contributed by atoms with Gasteiger partial charge in [-0.05, 0) is 45.7 Å². The molecule has 2 aromatic heterocycles. The zero-order valence-electron chi connectivity index (χ0n) is 22.3. The summed E-state index contributed by atoms with van der Waals surface area (Å²) in [4.78, 5) is 41.7. The van der Waals surface area contributed by atoms with Crippen molar-refractivity contribution in [1.29, 1.82) is 0 Å². The minimum Gasteiger partial charge on any atom is -0.494 e. The SMILES string of the molecule is COc1c(Nc2cc(NC(=O)C3CC3)ncc2C(N)=O)cccc1-c1cnn(CCNC(=O)OC(C)(C)C)n1. The number of rotatable bonds is 10. The lowest BCUT2D eigenvalue weighted by Gasteiger charge is -2.19. The quantitative estimate of drug-likeness (QED) is 0.303. The Morgan fingerprint density at radius 1 is 1.15 bits per heavy atom. The third kappa shape index (κ3) is 7.21. The van der Waals surface area contributed by atoms with Crippen LogP contribution in [-0.4, -0.2) is 57.1 Å². The van der Waals surface area contributed by atoms with Crippen molar-refractivity contribution in [1.82, 2.24) is 25.3 Å². The molecule has 13 nitrogen and oxygen atoms in total. The predicted octanol–water partition coefficient (Wildman–Crippen LogP) is 3.06. The topological polar surface area (TPSA) is 175 Å². The molecule has 0 spiro atoms. The fourth-order valence-electron chi connectivity index (χ4n) is 3.70. The van der Waals surface area contributed by atoms with Crippen LogP contribution in [0.15, 0.2) is 36.7 Å². The standard InChI is InChI=1S/C26H32N8O5/c1-26(2,3)39-25(37)28-10-11-34-30-14-20(33-34)16-6-5-7-18(22(16)38-4)31-19-12-21(29-13-17(19)23(27)35)32-24(36)15-8-9-15/h5-7,12-15H,8-11H2,1-4H3,(H2,27,35)(H,28,37)(H2,29,31,32,36). The normalized spacial score (nSPS) is 12.9. The smallest absolute Gasteiger partial charge is 0.407 e. The van der Waals surface area contributed by atoms with E-state index in [1.54, 1.807) is 45.2 Å². The van der Waals surface area contributed by atoms with Gasteiger partial charge in [0.1, 0.15) is 17.1 Å². The highest BCUT2D eigenvalue weighted by molar-refractivity contribution is 6.01. The number of aromatic nitrogens is 4. The van der Waals surface area contributed by atoms with Crippen LogP contribution < -0.4 is 26.4 Å². The molecule has 1 aliphatic carbocycles. The van der Waals surface area contributed by atoms with Gasteiger partial charge in [-0.25, -0.2) is 9.78 Å². The van der Waals surface area contributed by atoms with Gasteiger partial charge in [0, 0.05) is 30.3 Å². The molecule has 5 N–H and O–H groups in total. The molecule has 2 heterocycles. The highest BCUT2D eigenvalue weighted by Crippen LogP contribution is 2.38. The molecule has 0 saturated heterocycles. The largest absolute Gasteiger partial charge is 0.494 e. The lowest BCUT2D eigenvalue weighted by atomic mass is 10.1. The van der Waals surface area contributed by atoms with Crippen molar-refractivity contribution in [3.05, 3.63) is 42.2 Å². The third-order valence-electron chi connectivity index (χ3n) is 5.65. The molecule has 0 aliphatic heterocycles. The fraction of sp³-hybridized carbons (Fsp3) is 0.385. The van der Waals surface area contributed by atoms with E-state index in [1.165, 1.54) is 18.1 Å². The van der Waals surface area contributed by atoms with Crippen molar-refractivity contribution in [2.75, 3.05) is 24.3 Å². The minimum absolute atomic E-state index is 0.00249. The van der Waals surface area contributed by atoms with Crippen molar-refractivity contribution in [3.8, 4) is 17.0 Å². The molecule has 0 atom stereocenters. The van der Waals surface area contributed by atoms with Gasteiger partial charge in [-0.2, -0.15) is 15.0 Å².